The van der Waals surface area contributed by atoms with Gasteiger partial charge in [0.05, 0.1) is 5.69 Å². The second-order valence-corrected chi connectivity index (χ2v) is 4.48. The third-order valence-corrected chi connectivity index (χ3v) is 2.94. The summed E-state index contributed by atoms with van der Waals surface area (Å²) in [6.07, 6.45) is 1.05. The minimum Gasteiger partial charge on any atom is -0.353 e. The van der Waals surface area contributed by atoms with Crippen LogP contribution in [0.15, 0.2) is 30.3 Å². The summed E-state index contributed by atoms with van der Waals surface area (Å²) in [5.41, 5.74) is 9.80. The Kier molecular flexibility index (Phi) is 4.47. The maximum absolute atomic E-state index is 5.48. The summed E-state index contributed by atoms with van der Waals surface area (Å²) in [5.74, 6) is 0.639. The van der Waals surface area contributed by atoms with Gasteiger partial charge in [-0.2, -0.15) is 0 Å². The molecule has 2 aromatic rings. The standard InChI is InChI=1S/C15H20N4/c1-3-12-4-6-13(7-5-12)14-10-11(2)18-15(19-14)17-9-8-16/h4-7,10H,3,8-9,16H2,1-2H3,(H,17,18,19). The van der Waals surface area contributed by atoms with Crippen LogP contribution >= 0.6 is 0 Å². The molecule has 0 unspecified atom stereocenters. The van der Waals surface area contributed by atoms with Crippen LogP contribution in [-0.4, -0.2) is 23.1 Å². The molecule has 100 valence electrons. The number of benzene rings is 1. The van der Waals surface area contributed by atoms with Crippen molar-refractivity contribution < 1.29 is 0 Å². The third kappa shape index (κ3) is 3.51. The number of aromatic nitrogens is 2. The van der Waals surface area contributed by atoms with E-state index in [1.807, 2.05) is 13.0 Å². The molecule has 19 heavy (non-hydrogen) atoms. The number of aryl methyl sites for hydroxylation is 2. The summed E-state index contributed by atoms with van der Waals surface area (Å²) in [6.45, 7) is 5.37. The normalized spacial score (nSPS) is 10.5. The smallest absolute Gasteiger partial charge is 0.223 e. The van der Waals surface area contributed by atoms with Crippen LogP contribution in [0.4, 0.5) is 5.95 Å². The molecule has 0 spiro atoms. The minimum atomic E-state index is 0.567. The molecule has 0 saturated carbocycles. The molecule has 3 N–H and O–H groups in total. The van der Waals surface area contributed by atoms with E-state index in [2.05, 4.69) is 46.5 Å². The van der Waals surface area contributed by atoms with Gasteiger partial charge in [-0.1, -0.05) is 31.2 Å². The molecule has 0 bridgehead atoms. The molecule has 0 aliphatic heterocycles. The highest BCUT2D eigenvalue weighted by Crippen LogP contribution is 2.20. The first-order valence-electron chi connectivity index (χ1n) is 6.62. The van der Waals surface area contributed by atoms with Crippen LogP contribution in [0.2, 0.25) is 0 Å². The molecule has 1 aromatic carbocycles. The van der Waals surface area contributed by atoms with Crippen molar-refractivity contribution in [3.8, 4) is 11.3 Å². The van der Waals surface area contributed by atoms with E-state index in [-0.39, 0.29) is 0 Å². The van der Waals surface area contributed by atoms with Gasteiger partial charge in [0.15, 0.2) is 0 Å². The van der Waals surface area contributed by atoms with Crippen molar-refractivity contribution in [1.82, 2.24) is 9.97 Å². The fourth-order valence-corrected chi connectivity index (χ4v) is 1.89. The lowest BCUT2D eigenvalue weighted by Gasteiger charge is -2.08. The highest BCUT2D eigenvalue weighted by Gasteiger charge is 2.04. The van der Waals surface area contributed by atoms with Crippen LogP contribution in [0, 0.1) is 6.92 Å². The molecule has 1 aromatic heterocycles. The van der Waals surface area contributed by atoms with Crippen LogP contribution in [0.25, 0.3) is 11.3 Å². The van der Waals surface area contributed by atoms with Gasteiger partial charge in [0, 0.05) is 24.3 Å². The Morgan fingerprint density at radius 1 is 1.16 bits per heavy atom. The molecule has 0 amide bonds. The molecule has 0 aliphatic carbocycles. The number of nitrogens with one attached hydrogen (secondary N) is 1. The zero-order valence-electron chi connectivity index (χ0n) is 11.5. The first-order chi connectivity index (χ1) is 9.22. The predicted octanol–water partition coefficient (Wildman–Crippen LogP) is 2.39. The summed E-state index contributed by atoms with van der Waals surface area (Å²) >= 11 is 0. The van der Waals surface area contributed by atoms with E-state index in [0.29, 0.717) is 19.0 Å². The Balaban J connectivity index is 2.29. The van der Waals surface area contributed by atoms with Crippen molar-refractivity contribution in [3.63, 3.8) is 0 Å². The van der Waals surface area contributed by atoms with Gasteiger partial charge in [-0.25, -0.2) is 9.97 Å². The Morgan fingerprint density at radius 2 is 1.89 bits per heavy atom. The lowest BCUT2D eigenvalue weighted by atomic mass is 10.1. The quantitative estimate of drug-likeness (QED) is 0.862. The van der Waals surface area contributed by atoms with Crippen molar-refractivity contribution in [2.45, 2.75) is 20.3 Å². The molecule has 1 heterocycles. The molecular weight excluding hydrogens is 236 g/mol. The van der Waals surface area contributed by atoms with Gasteiger partial charge in [0.25, 0.3) is 0 Å². The van der Waals surface area contributed by atoms with E-state index in [1.54, 1.807) is 0 Å². The van der Waals surface area contributed by atoms with Crippen molar-refractivity contribution in [2.24, 2.45) is 5.73 Å². The summed E-state index contributed by atoms with van der Waals surface area (Å²) in [4.78, 5) is 8.87. The van der Waals surface area contributed by atoms with Gasteiger partial charge in [-0.05, 0) is 25.0 Å². The molecular formula is C15H20N4. The Bertz CT molecular complexity index is 534. The fourth-order valence-electron chi connectivity index (χ4n) is 1.89. The molecule has 2 rings (SSSR count). The summed E-state index contributed by atoms with van der Waals surface area (Å²) < 4.78 is 0. The van der Waals surface area contributed by atoms with Crippen molar-refractivity contribution in [1.29, 1.82) is 0 Å². The van der Waals surface area contributed by atoms with Crippen molar-refractivity contribution in [3.05, 3.63) is 41.6 Å². The number of nitrogens with zero attached hydrogens (tertiary/aromatic N) is 2. The Hall–Kier alpha value is -1.94. The van der Waals surface area contributed by atoms with E-state index in [9.17, 15) is 0 Å². The maximum Gasteiger partial charge on any atom is 0.223 e. The van der Waals surface area contributed by atoms with Crippen molar-refractivity contribution in [2.75, 3.05) is 18.4 Å². The van der Waals surface area contributed by atoms with E-state index < -0.39 is 0 Å². The van der Waals surface area contributed by atoms with Crippen LogP contribution < -0.4 is 11.1 Å². The van der Waals surface area contributed by atoms with Gasteiger partial charge in [-0.15, -0.1) is 0 Å². The molecule has 0 aliphatic rings. The van der Waals surface area contributed by atoms with Crippen LogP contribution in [0.1, 0.15) is 18.2 Å². The monoisotopic (exact) mass is 256 g/mol. The highest BCUT2D eigenvalue weighted by molar-refractivity contribution is 5.61. The maximum atomic E-state index is 5.48. The van der Waals surface area contributed by atoms with Crippen LogP contribution in [-0.2, 0) is 6.42 Å². The second-order valence-electron chi connectivity index (χ2n) is 4.48. The lowest BCUT2D eigenvalue weighted by molar-refractivity contribution is 0.981. The molecule has 0 atom stereocenters. The minimum absolute atomic E-state index is 0.567. The number of hydrogen-bond acceptors (Lipinski definition) is 4. The molecule has 0 fully saturated rings. The first-order valence-corrected chi connectivity index (χ1v) is 6.62. The SMILES string of the molecule is CCc1ccc(-c2cc(C)nc(NCCN)n2)cc1. The second kappa shape index (κ2) is 6.29. The van der Waals surface area contributed by atoms with Crippen LogP contribution in [0.3, 0.4) is 0 Å². The zero-order chi connectivity index (χ0) is 13.7. The van der Waals surface area contributed by atoms with Gasteiger partial charge < -0.3 is 11.1 Å². The van der Waals surface area contributed by atoms with Crippen LogP contribution in [0.5, 0.6) is 0 Å². The van der Waals surface area contributed by atoms with Crippen molar-refractivity contribution >= 4 is 5.95 Å². The fraction of sp³-hybridized carbons (Fsp3) is 0.333. The first kappa shape index (κ1) is 13.5. The highest BCUT2D eigenvalue weighted by atomic mass is 15.1. The third-order valence-electron chi connectivity index (χ3n) is 2.94. The average Bonchev–Trinajstić information content (AvgIpc) is 2.44. The zero-order valence-corrected chi connectivity index (χ0v) is 11.5. The predicted molar refractivity (Wildman–Crippen MR) is 79.1 cm³/mol. The molecule has 0 saturated heterocycles. The molecule has 4 heteroatoms. The van der Waals surface area contributed by atoms with Gasteiger partial charge in [-0.3, -0.25) is 0 Å². The van der Waals surface area contributed by atoms with Gasteiger partial charge >= 0.3 is 0 Å². The lowest BCUT2D eigenvalue weighted by Crippen LogP contribution is -2.15. The number of rotatable bonds is 5. The van der Waals surface area contributed by atoms with E-state index in [1.165, 1.54) is 5.56 Å². The summed E-state index contributed by atoms with van der Waals surface area (Å²) in [5, 5.41) is 3.12. The topological polar surface area (TPSA) is 63.8 Å². The van der Waals surface area contributed by atoms with E-state index in [0.717, 1.165) is 23.4 Å². The molecule has 4 nitrogen and oxygen atoms in total. The molecule has 0 radical (unpaired) electrons. The number of anilines is 1. The average molecular weight is 256 g/mol. The Labute approximate surface area is 114 Å². The summed E-state index contributed by atoms with van der Waals surface area (Å²) in [7, 11) is 0. The van der Waals surface area contributed by atoms with Gasteiger partial charge in [0.1, 0.15) is 0 Å². The number of hydrogen-bond donors (Lipinski definition) is 2. The summed E-state index contributed by atoms with van der Waals surface area (Å²) in [6, 6.07) is 10.5. The van der Waals surface area contributed by atoms with E-state index in [4.69, 9.17) is 5.73 Å². The van der Waals surface area contributed by atoms with Gasteiger partial charge in [0.2, 0.25) is 5.95 Å². The number of nitrogens with two attached hydrogens (primary N) is 1. The largest absolute Gasteiger partial charge is 0.353 e. The Morgan fingerprint density at radius 3 is 2.53 bits per heavy atom. The van der Waals surface area contributed by atoms with E-state index >= 15 is 0 Å².